The second-order valence-corrected chi connectivity index (χ2v) is 10.9. The molecule has 5 aromatic carbocycles. The predicted octanol–water partition coefficient (Wildman–Crippen LogP) is 9.44. The fourth-order valence-corrected chi connectivity index (χ4v) is 6.07. The van der Waals surface area contributed by atoms with Gasteiger partial charge in [0.15, 0.2) is 0 Å². The summed E-state index contributed by atoms with van der Waals surface area (Å²) in [6.45, 7) is 4.31. The maximum atomic E-state index is 5.03. The van der Waals surface area contributed by atoms with E-state index in [9.17, 15) is 0 Å². The number of benzene rings is 5. The first-order valence-corrected chi connectivity index (χ1v) is 14.3. The van der Waals surface area contributed by atoms with Crippen molar-refractivity contribution >= 4 is 27.6 Å². The lowest BCUT2D eigenvalue weighted by atomic mass is 10.1. The summed E-state index contributed by atoms with van der Waals surface area (Å²) < 4.78 is 4.45. The van der Waals surface area contributed by atoms with E-state index in [2.05, 4.69) is 132 Å². The highest BCUT2D eigenvalue weighted by molar-refractivity contribution is 6.09. The third kappa shape index (κ3) is 3.92. The number of hydrogen-bond acceptors (Lipinski definition) is 2. The van der Waals surface area contributed by atoms with Crippen LogP contribution < -0.4 is 0 Å². The van der Waals surface area contributed by atoms with E-state index >= 15 is 0 Å². The topological polar surface area (TPSA) is 35.1 Å². The molecule has 0 fully saturated rings. The van der Waals surface area contributed by atoms with Gasteiger partial charge in [-0.25, -0.2) is 9.97 Å². The summed E-state index contributed by atoms with van der Waals surface area (Å²) in [6, 6.07) is 45.0. The van der Waals surface area contributed by atoms with Crippen LogP contribution in [0.4, 0.5) is 0 Å². The van der Waals surface area contributed by atoms with Crippen molar-refractivity contribution in [3.63, 3.8) is 0 Å². The molecule has 0 aliphatic heterocycles. The summed E-state index contributed by atoms with van der Waals surface area (Å²) in [6.07, 6.45) is 2.09. The zero-order valence-electron chi connectivity index (χ0n) is 23.5. The summed E-state index contributed by atoms with van der Waals surface area (Å²) >= 11 is 0. The summed E-state index contributed by atoms with van der Waals surface area (Å²) in [7, 11) is 0. The molecule has 0 saturated carbocycles. The number of hydrogen-bond donors (Lipinski definition) is 0. The molecule has 3 heterocycles. The number of aromatic nitrogens is 4. The third-order valence-corrected chi connectivity index (χ3v) is 8.09. The van der Waals surface area contributed by atoms with E-state index in [1.54, 1.807) is 0 Å². The van der Waals surface area contributed by atoms with Crippen LogP contribution in [0.2, 0.25) is 0 Å². The molecule has 3 aromatic heterocycles. The van der Waals surface area contributed by atoms with Gasteiger partial charge in [0, 0.05) is 39.3 Å². The van der Waals surface area contributed by atoms with Gasteiger partial charge in [0.1, 0.15) is 0 Å². The van der Waals surface area contributed by atoms with Crippen molar-refractivity contribution in [3.8, 4) is 39.5 Å². The molecule has 200 valence electrons. The molecule has 0 radical (unpaired) electrons. The van der Waals surface area contributed by atoms with Crippen LogP contribution in [0.3, 0.4) is 0 Å². The van der Waals surface area contributed by atoms with Gasteiger partial charge < -0.3 is 4.57 Å². The first kappa shape index (κ1) is 24.3. The molecule has 8 rings (SSSR count). The Morgan fingerprint density at radius 2 is 1.12 bits per heavy atom. The summed E-state index contributed by atoms with van der Waals surface area (Å²) in [5.41, 5.74) is 12.2. The molecular formula is C38H28N4. The Kier molecular flexibility index (Phi) is 5.54. The van der Waals surface area contributed by atoms with Crippen LogP contribution in [-0.2, 0) is 0 Å². The molecule has 8 aromatic rings. The molecule has 0 aliphatic rings. The fourth-order valence-electron chi connectivity index (χ4n) is 6.07. The number of aryl methyl sites for hydroxylation is 2. The minimum absolute atomic E-state index is 0.683. The predicted molar refractivity (Wildman–Crippen MR) is 173 cm³/mol. The molecule has 0 aliphatic carbocycles. The van der Waals surface area contributed by atoms with Gasteiger partial charge in [-0.3, -0.25) is 4.40 Å². The second kappa shape index (κ2) is 9.57. The zero-order chi connectivity index (χ0) is 28.2. The van der Waals surface area contributed by atoms with Crippen LogP contribution in [0.1, 0.15) is 11.1 Å². The van der Waals surface area contributed by atoms with Crippen molar-refractivity contribution in [1.29, 1.82) is 0 Å². The maximum Gasteiger partial charge on any atom is 0.235 e. The Labute approximate surface area is 244 Å². The molecule has 0 atom stereocenters. The Hall–Kier alpha value is -5.48. The monoisotopic (exact) mass is 540 g/mol. The average Bonchev–Trinajstić information content (AvgIpc) is 3.57. The molecule has 0 bridgehead atoms. The van der Waals surface area contributed by atoms with E-state index in [-0.39, 0.29) is 0 Å². The highest BCUT2D eigenvalue weighted by Gasteiger charge is 2.18. The lowest BCUT2D eigenvalue weighted by Crippen LogP contribution is -1.95. The molecule has 4 heteroatoms. The van der Waals surface area contributed by atoms with Crippen LogP contribution >= 0.6 is 0 Å². The Morgan fingerprint density at radius 3 is 1.74 bits per heavy atom. The van der Waals surface area contributed by atoms with Crippen molar-refractivity contribution < 1.29 is 0 Å². The Bertz CT molecular complexity index is 2180. The molecule has 42 heavy (non-hydrogen) atoms. The van der Waals surface area contributed by atoms with E-state index in [0.717, 1.165) is 39.5 Å². The van der Waals surface area contributed by atoms with Gasteiger partial charge in [0.25, 0.3) is 0 Å². The van der Waals surface area contributed by atoms with E-state index in [1.165, 1.54) is 32.9 Å². The normalized spacial score (nSPS) is 11.6. The van der Waals surface area contributed by atoms with E-state index in [0.29, 0.717) is 5.78 Å². The van der Waals surface area contributed by atoms with Crippen molar-refractivity contribution in [2.45, 2.75) is 13.8 Å². The smallest absolute Gasteiger partial charge is 0.235 e. The zero-order valence-corrected chi connectivity index (χ0v) is 23.5. The Morgan fingerprint density at radius 1 is 0.524 bits per heavy atom. The van der Waals surface area contributed by atoms with Gasteiger partial charge in [-0.05, 0) is 56.3 Å². The largest absolute Gasteiger partial charge is 0.309 e. The molecule has 0 amide bonds. The van der Waals surface area contributed by atoms with E-state index < -0.39 is 0 Å². The second-order valence-electron chi connectivity index (χ2n) is 10.9. The standard InChI is InChI=1S/C38H28N4/c1-25-13-19-34-31(23-25)32-24-26(2)14-20-35(32)42(34)30-17-15-27(16-18-30)33-21-22-41-37(29-11-7-4-8-12-29)36(40-38(41)39-33)28-9-5-3-6-10-28/h3-24H,1-2H3. The van der Waals surface area contributed by atoms with Gasteiger partial charge in [-0.1, -0.05) is 96.1 Å². The van der Waals surface area contributed by atoms with Crippen LogP contribution in [-0.4, -0.2) is 18.9 Å². The van der Waals surface area contributed by atoms with Crippen molar-refractivity contribution in [3.05, 3.63) is 145 Å². The first-order valence-electron chi connectivity index (χ1n) is 14.3. The van der Waals surface area contributed by atoms with E-state index in [1.807, 2.05) is 24.3 Å². The van der Waals surface area contributed by atoms with Crippen LogP contribution in [0.5, 0.6) is 0 Å². The van der Waals surface area contributed by atoms with Crippen LogP contribution in [0.15, 0.2) is 134 Å². The number of nitrogens with zero attached hydrogens (tertiary/aromatic N) is 4. The SMILES string of the molecule is Cc1ccc2c(c1)c1cc(C)ccc1n2-c1ccc(-c2ccn3c(-c4ccccc4)c(-c4ccccc4)nc3n2)cc1. The first-order chi connectivity index (χ1) is 20.6. The maximum absolute atomic E-state index is 5.03. The van der Waals surface area contributed by atoms with E-state index in [4.69, 9.17) is 9.97 Å². The lowest BCUT2D eigenvalue weighted by molar-refractivity contribution is 1.11. The number of rotatable bonds is 4. The van der Waals surface area contributed by atoms with Gasteiger partial charge in [-0.2, -0.15) is 0 Å². The summed E-state index contributed by atoms with van der Waals surface area (Å²) in [5.74, 6) is 0.683. The average molecular weight is 541 g/mol. The minimum atomic E-state index is 0.683. The highest BCUT2D eigenvalue weighted by atomic mass is 15.1. The van der Waals surface area contributed by atoms with Gasteiger partial charge >= 0.3 is 0 Å². The lowest BCUT2D eigenvalue weighted by Gasteiger charge is -2.10. The summed E-state index contributed by atoms with van der Waals surface area (Å²) in [4.78, 5) is 10.1. The van der Waals surface area contributed by atoms with Crippen LogP contribution in [0.25, 0.3) is 67.0 Å². The van der Waals surface area contributed by atoms with Crippen molar-refractivity contribution in [2.75, 3.05) is 0 Å². The molecule has 0 saturated heterocycles. The van der Waals surface area contributed by atoms with Crippen LogP contribution in [0, 0.1) is 13.8 Å². The highest BCUT2D eigenvalue weighted by Crippen LogP contribution is 2.35. The number of fused-ring (bicyclic) bond motifs is 4. The molecular weight excluding hydrogens is 512 g/mol. The summed E-state index contributed by atoms with van der Waals surface area (Å²) in [5, 5.41) is 2.57. The van der Waals surface area contributed by atoms with Gasteiger partial charge in [-0.15, -0.1) is 0 Å². The van der Waals surface area contributed by atoms with Crippen molar-refractivity contribution in [1.82, 2.24) is 18.9 Å². The Balaban J connectivity index is 1.24. The quantitative estimate of drug-likeness (QED) is 0.223. The third-order valence-electron chi connectivity index (χ3n) is 8.09. The number of imidazole rings is 1. The molecule has 4 nitrogen and oxygen atoms in total. The minimum Gasteiger partial charge on any atom is -0.309 e. The fraction of sp³-hybridized carbons (Fsp3) is 0.0526. The van der Waals surface area contributed by atoms with Gasteiger partial charge in [0.2, 0.25) is 5.78 Å². The molecule has 0 spiro atoms. The molecule has 0 unspecified atom stereocenters. The van der Waals surface area contributed by atoms with Gasteiger partial charge in [0.05, 0.1) is 28.1 Å². The van der Waals surface area contributed by atoms with Crippen molar-refractivity contribution in [2.24, 2.45) is 0 Å². The molecule has 0 N–H and O–H groups in total.